The van der Waals surface area contributed by atoms with Crippen LogP contribution < -0.4 is 11.4 Å². The SMILES string of the molecule is CC[C@H]1O[C@@H](n2cnc(N)nc2=O)C(C)[C@H]1C. The third-order valence-corrected chi connectivity index (χ3v) is 3.60. The topological polar surface area (TPSA) is 83.0 Å². The van der Waals surface area contributed by atoms with Gasteiger partial charge in [0.15, 0.2) is 0 Å². The molecule has 2 heterocycles. The highest BCUT2D eigenvalue weighted by molar-refractivity contribution is 5.09. The maximum Gasteiger partial charge on any atom is 0.354 e. The van der Waals surface area contributed by atoms with E-state index in [2.05, 4.69) is 30.7 Å². The lowest BCUT2D eigenvalue weighted by atomic mass is 9.92. The maximum atomic E-state index is 11.7. The van der Waals surface area contributed by atoms with E-state index >= 15 is 0 Å². The van der Waals surface area contributed by atoms with Crippen molar-refractivity contribution < 1.29 is 4.74 Å². The van der Waals surface area contributed by atoms with Crippen molar-refractivity contribution in [1.82, 2.24) is 14.5 Å². The number of aromatic nitrogens is 3. The molecule has 2 N–H and O–H groups in total. The largest absolute Gasteiger partial charge is 0.368 e. The average Bonchev–Trinajstić information content (AvgIpc) is 2.57. The minimum atomic E-state index is -0.404. The number of hydrogen-bond acceptors (Lipinski definition) is 5. The average molecular weight is 238 g/mol. The Labute approximate surface area is 99.8 Å². The molecule has 2 rings (SSSR count). The lowest BCUT2D eigenvalue weighted by Gasteiger charge is -2.17. The van der Waals surface area contributed by atoms with Gasteiger partial charge < -0.3 is 10.5 Å². The zero-order valence-corrected chi connectivity index (χ0v) is 10.3. The number of rotatable bonds is 2. The molecular weight excluding hydrogens is 220 g/mol. The van der Waals surface area contributed by atoms with Crippen LogP contribution in [0, 0.1) is 11.8 Å². The Morgan fingerprint density at radius 2 is 2.18 bits per heavy atom. The van der Waals surface area contributed by atoms with Crippen LogP contribution in [0.3, 0.4) is 0 Å². The molecule has 1 fully saturated rings. The van der Waals surface area contributed by atoms with Crippen LogP contribution in [0.4, 0.5) is 5.95 Å². The Balaban J connectivity index is 2.32. The summed E-state index contributed by atoms with van der Waals surface area (Å²) in [5, 5.41) is 0. The van der Waals surface area contributed by atoms with Gasteiger partial charge in [-0.05, 0) is 12.3 Å². The van der Waals surface area contributed by atoms with Crippen LogP contribution in [0.5, 0.6) is 0 Å². The molecule has 94 valence electrons. The van der Waals surface area contributed by atoms with E-state index in [0.29, 0.717) is 5.92 Å². The molecule has 1 unspecified atom stereocenters. The number of ether oxygens (including phenoxy) is 1. The van der Waals surface area contributed by atoms with Crippen LogP contribution in [0.25, 0.3) is 0 Å². The Hall–Kier alpha value is -1.43. The third kappa shape index (κ3) is 2.04. The monoisotopic (exact) mass is 238 g/mol. The van der Waals surface area contributed by atoms with Gasteiger partial charge in [0.25, 0.3) is 0 Å². The summed E-state index contributed by atoms with van der Waals surface area (Å²) in [4.78, 5) is 19.2. The van der Waals surface area contributed by atoms with Crippen molar-refractivity contribution in [3.63, 3.8) is 0 Å². The Kier molecular flexibility index (Phi) is 3.15. The van der Waals surface area contributed by atoms with E-state index in [0.717, 1.165) is 6.42 Å². The molecule has 0 aromatic carbocycles. The first-order chi connectivity index (χ1) is 8.04. The molecule has 0 saturated carbocycles. The van der Waals surface area contributed by atoms with E-state index in [-0.39, 0.29) is 24.2 Å². The molecule has 17 heavy (non-hydrogen) atoms. The molecule has 0 amide bonds. The smallest absolute Gasteiger partial charge is 0.354 e. The summed E-state index contributed by atoms with van der Waals surface area (Å²) in [6.07, 6.45) is 2.24. The Morgan fingerprint density at radius 3 is 2.71 bits per heavy atom. The van der Waals surface area contributed by atoms with Gasteiger partial charge in [0.1, 0.15) is 12.6 Å². The quantitative estimate of drug-likeness (QED) is 0.824. The maximum absolute atomic E-state index is 11.7. The van der Waals surface area contributed by atoms with Gasteiger partial charge >= 0.3 is 5.69 Å². The van der Waals surface area contributed by atoms with Crippen molar-refractivity contribution in [3.8, 4) is 0 Å². The molecule has 0 spiro atoms. The first kappa shape index (κ1) is 12.0. The Morgan fingerprint density at radius 1 is 1.47 bits per heavy atom. The molecule has 1 aliphatic rings. The van der Waals surface area contributed by atoms with E-state index < -0.39 is 5.69 Å². The lowest BCUT2D eigenvalue weighted by molar-refractivity contribution is -0.0174. The fraction of sp³-hybridized carbons (Fsp3) is 0.727. The molecule has 0 bridgehead atoms. The summed E-state index contributed by atoms with van der Waals surface area (Å²) in [6, 6.07) is 0. The van der Waals surface area contributed by atoms with E-state index in [1.807, 2.05) is 0 Å². The summed E-state index contributed by atoms with van der Waals surface area (Å²) >= 11 is 0. The van der Waals surface area contributed by atoms with Crippen LogP contribution in [0.15, 0.2) is 11.1 Å². The van der Waals surface area contributed by atoms with E-state index in [9.17, 15) is 4.79 Å². The number of nitrogens with zero attached hydrogens (tertiary/aromatic N) is 3. The highest BCUT2D eigenvalue weighted by atomic mass is 16.5. The number of nitrogens with two attached hydrogens (primary N) is 1. The van der Waals surface area contributed by atoms with Crippen molar-refractivity contribution in [1.29, 1.82) is 0 Å². The van der Waals surface area contributed by atoms with Gasteiger partial charge in [-0.2, -0.15) is 4.98 Å². The molecule has 6 heteroatoms. The van der Waals surface area contributed by atoms with Gasteiger partial charge in [-0.25, -0.2) is 9.78 Å². The zero-order valence-electron chi connectivity index (χ0n) is 10.3. The zero-order chi connectivity index (χ0) is 12.6. The van der Waals surface area contributed by atoms with Crippen LogP contribution in [0.1, 0.15) is 33.4 Å². The standard InChI is InChI=1S/C11H18N4O2/c1-4-8-6(2)7(3)9(17-8)15-5-13-10(12)14-11(15)16/h5-9H,4H2,1-3H3,(H2,12,14,16)/t6-,7?,8-,9-/m1/s1. The minimum absolute atomic E-state index is 0.00279. The molecular formula is C11H18N4O2. The second-order valence-corrected chi connectivity index (χ2v) is 4.60. The molecule has 1 saturated heterocycles. The predicted molar refractivity (Wildman–Crippen MR) is 63.2 cm³/mol. The van der Waals surface area contributed by atoms with E-state index in [1.54, 1.807) is 0 Å². The number of nitrogen functional groups attached to an aromatic ring is 1. The molecule has 0 radical (unpaired) electrons. The van der Waals surface area contributed by atoms with Crippen LogP contribution in [0.2, 0.25) is 0 Å². The van der Waals surface area contributed by atoms with E-state index in [4.69, 9.17) is 10.5 Å². The second kappa shape index (κ2) is 4.44. The predicted octanol–water partition coefficient (Wildman–Crippen LogP) is 0.800. The van der Waals surface area contributed by atoms with Crippen molar-refractivity contribution in [2.24, 2.45) is 11.8 Å². The number of hydrogen-bond donors (Lipinski definition) is 1. The van der Waals surface area contributed by atoms with Crippen molar-refractivity contribution in [3.05, 3.63) is 16.8 Å². The highest BCUT2D eigenvalue weighted by Crippen LogP contribution is 2.38. The number of anilines is 1. The lowest BCUT2D eigenvalue weighted by Crippen LogP contribution is -2.30. The van der Waals surface area contributed by atoms with Gasteiger partial charge in [-0.15, -0.1) is 0 Å². The third-order valence-electron chi connectivity index (χ3n) is 3.60. The van der Waals surface area contributed by atoms with Crippen molar-refractivity contribution in [2.75, 3.05) is 5.73 Å². The van der Waals surface area contributed by atoms with Crippen LogP contribution in [-0.4, -0.2) is 20.6 Å². The summed E-state index contributed by atoms with van der Waals surface area (Å²) in [5.41, 5.74) is 4.96. The van der Waals surface area contributed by atoms with Crippen molar-refractivity contribution in [2.45, 2.75) is 39.5 Å². The fourth-order valence-corrected chi connectivity index (χ4v) is 2.34. The van der Waals surface area contributed by atoms with Crippen LogP contribution in [-0.2, 0) is 4.74 Å². The van der Waals surface area contributed by atoms with Gasteiger partial charge in [-0.1, -0.05) is 20.8 Å². The molecule has 1 aromatic heterocycles. The summed E-state index contributed by atoms with van der Waals surface area (Å²) < 4.78 is 7.31. The van der Waals surface area contributed by atoms with Crippen LogP contribution >= 0.6 is 0 Å². The fourth-order valence-electron chi connectivity index (χ4n) is 2.34. The van der Waals surface area contributed by atoms with Crippen molar-refractivity contribution >= 4 is 5.95 Å². The molecule has 1 aliphatic heterocycles. The molecule has 1 aromatic rings. The van der Waals surface area contributed by atoms with E-state index in [1.165, 1.54) is 10.9 Å². The Bertz CT molecular complexity index is 459. The normalized spacial score (nSPS) is 32.9. The highest BCUT2D eigenvalue weighted by Gasteiger charge is 2.39. The van der Waals surface area contributed by atoms with Gasteiger partial charge in [-0.3, -0.25) is 4.57 Å². The first-order valence-corrected chi connectivity index (χ1v) is 5.90. The molecule has 0 aliphatic carbocycles. The summed E-state index contributed by atoms with van der Waals surface area (Å²) in [6.45, 7) is 6.30. The molecule has 6 nitrogen and oxygen atoms in total. The summed E-state index contributed by atoms with van der Waals surface area (Å²) in [7, 11) is 0. The minimum Gasteiger partial charge on any atom is -0.368 e. The van der Waals surface area contributed by atoms with Gasteiger partial charge in [0.2, 0.25) is 5.95 Å². The second-order valence-electron chi connectivity index (χ2n) is 4.60. The van der Waals surface area contributed by atoms with Gasteiger partial charge in [0.05, 0.1) is 6.10 Å². The molecule has 4 atom stereocenters. The summed E-state index contributed by atoms with van der Waals surface area (Å²) in [5.74, 6) is 0.663. The van der Waals surface area contributed by atoms with Gasteiger partial charge in [0, 0.05) is 5.92 Å². The first-order valence-electron chi connectivity index (χ1n) is 5.90.